The van der Waals surface area contributed by atoms with Crippen molar-refractivity contribution in [3.05, 3.63) is 24.2 Å². The highest BCUT2D eigenvalue weighted by Crippen LogP contribution is 2.15. The molecule has 1 atom stereocenters. The lowest BCUT2D eigenvalue weighted by atomic mass is 9.94. The Hall–Kier alpha value is -0.800. The van der Waals surface area contributed by atoms with E-state index < -0.39 is 0 Å². The summed E-state index contributed by atoms with van der Waals surface area (Å²) in [6.45, 7) is 7.41. The minimum atomic E-state index is 0. The van der Waals surface area contributed by atoms with Crippen molar-refractivity contribution in [2.75, 3.05) is 40.0 Å². The van der Waals surface area contributed by atoms with Gasteiger partial charge in [0.05, 0.1) is 12.9 Å². The molecule has 0 aliphatic rings. The number of nitrogens with zero attached hydrogens (tertiary/aromatic N) is 1. The standard InChI is InChI=1S/C18H33N3O3.HI/c1-15(2)13-16(7-10-22)14-21-18(20-9-12-23-3)19-8-6-17-5-4-11-24-17;/h4-5,11,15-16,22H,6-10,12-14H2,1-3H3,(H2,19,20,21);1H. The molecular weight excluding hydrogens is 433 g/mol. The van der Waals surface area contributed by atoms with Crippen LogP contribution in [0.25, 0.3) is 0 Å². The predicted molar refractivity (Wildman–Crippen MR) is 113 cm³/mol. The van der Waals surface area contributed by atoms with Crippen LogP contribution in [-0.4, -0.2) is 51.0 Å². The molecule has 7 heteroatoms. The summed E-state index contributed by atoms with van der Waals surface area (Å²) in [7, 11) is 1.68. The van der Waals surface area contributed by atoms with Gasteiger partial charge in [-0.1, -0.05) is 13.8 Å². The molecular formula is C18H34IN3O3. The SMILES string of the molecule is COCCNC(=NCC(CCO)CC(C)C)NCCc1ccco1.I. The molecule has 1 heterocycles. The average Bonchev–Trinajstić information content (AvgIpc) is 3.05. The Morgan fingerprint density at radius 1 is 1.32 bits per heavy atom. The van der Waals surface area contributed by atoms with Gasteiger partial charge in [-0.05, 0) is 36.8 Å². The van der Waals surface area contributed by atoms with Crippen molar-refractivity contribution in [3.63, 3.8) is 0 Å². The molecule has 1 aromatic heterocycles. The quantitative estimate of drug-likeness (QED) is 0.191. The first-order chi connectivity index (χ1) is 11.7. The first kappa shape index (κ1) is 24.2. The molecule has 25 heavy (non-hydrogen) atoms. The number of aliphatic hydroxyl groups excluding tert-OH is 1. The molecule has 0 bridgehead atoms. The molecule has 146 valence electrons. The number of halogens is 1. The second-order valence-electron chi connectivity index (χ2n) is 6.37. The average molecular weight is 467 g/mol. The summed E-state index contributed by atoms with van der Waals surface area (Å²) in [4.78, 5) is 4.68. The summed E-state index contributed by atoms with van der Waals surface area (Å²) in [6.07, 6.45) is 4.36. The van der Waals surface area contributed by atoms with Crippen molar-refractivity contribution < 1.29 is 14.3 Å². The fourth-order valence-corrected chi connectivity index (χ4v) is 2.56. The van der Waals surface area contributed by atoms with Gasteiger partial charge in [-0.2, -0.15) is 0 Å². The second kappa shape index (κ2) is 15.5. The smallest absolute Gasteiger partial charge is 0.191 e. The van der Waals surface area contributed by atoms with Gasteiger partial charge in [0.15, 0.2) is 5.96 Å². The van der Waals surface area contributed by atoms with Crippen LogP contribution >= 0.6 is 24.0 Å². The Balaban J connectivity index is 0.00000576. The number of rotatable bonds is 12. The summed E-state index contributed by atoms with van der Waals surface area (Å²) in [5.41, 5.74) is 0. The Kier molecular flexibility index (Phi) is 15.0. The highest BCUT2D eigenvalue weighted by atomic mass is 127. The van der Waals surface area contributed by atoms with Crippen molar-refractivity contribution in [3.8, 4) is 0 Å². The maximum atomic E-state index is 9.23. The van der Waals surface area contributed by atoms with Gasteiger partial charge < -0.3 is 24.9 Å². The van der Waals surface area contributed by atoms with Crippen LogP contribution in [0.1, 0.15) is 32.4 Å². The van der Waals surface area contributed by atoms with Crippen LogP contribution in [-0.2, 0) is 11.2 Å². The van der Waals surface area contributed by atoms with E-state index in [1.807, 2.05) is 12.1 Å². The van der Waals surface area contributed by atoms with Crippen molar-refractivity contribution in [1.29, 1.82) is 0 Å². The zero-order chi connectivity index (χ0) is 17.6. The number of hydrogen-bond acceptors (Lipinski definition) is 4. The van der Waals surface area contributed by atoms with Crippen LogP contribution in [0.2, 0.25) is 0 Å². The molecule has 0 spiro atoms. The van der Waals surface area contributed by atoms with E-state index in [1.165, 1.54) is 0 Å². The minimum absolute atomic E-state index is 0. The number of aliphatic imine (C=N–C) groups is 1. The third kappa shape index (κ3) is 12.2. The number of guanidine groups is 1. The van der Waals surface area contributed by atoms with Crippen LogP contribution in [0.3, 0.4) is 0 Å². The largest absolute Gasteiger partial charge is 0.469 e. The van der Waals surface area contributed by atoms with E-state index >= 15 is 0 Å². The number of nitrogens with one attached hydrogen (secondary N) is 2. The van der Waals surface area contributed by atoms with E-state index in [9.17, 15) is 5.11 Å². The van der Waals surface area contributed by atoms with Gasteiger partial charge in [0.1, 0.15) is 5.76 Å². The summed E-state index contributed by atoms with van der Waals surface area (Å²) in [6, 6.07) is 3.86. The lowest BCUT2D eigenvalue weighted by Gasteiger charge is -2.17. The summed E-state index contributed by atoms with van der Waals surface area (Å²) in [5.74, 6) is 2.75. The zero-order valence-electron chi connectivity index (χ0n) is 15.7. The molecule has 0 aliphatic carbocycles. The molecule has 1 aromatic rings. The van der Waals surface area contributed by atoms with Crippen LogP contribution < -0.4 is 10.6 Å². The van der Waals surface area contributed by atoms with Gasteiger partial charge in [-0.15, -0.1) is 24.0 Å². The van der Waals surface area contributed by atoms with Crippen LogP contribution in [0.5, 0.6) is 0 Å². The predicted octanol–water partition coefficient (Wildman–Crippen LogP) is 2.67. The normalized spacial score (nSPS) is 12.8. The van der Waals surface area contributed by atoms with Gasteiger partial charge in [0.2, 0.25) is 0 Å². The maximum absolute atomic E-state index is 9.23. The first-order valence-corrected chi connectivity index (χ1v) is 8.80. The lowest BCUT2D eigenvalue weighted by Crippen LogP contribution is -2.40. The van der Waals surface area contributed by atoms with Gasteiger partial charge in [0, 0.05) is 39.8 Å². The Morgan fingerprint density at radius 2 is 2.08 bits per heavy atom. The highest BCUT2D eigenvalue weighted by Gasteiger charge is 2.10. The van der Waals surface area contributed by atoms with Gasteiger partial charge >= 0.3 is 0 Å². The van der Waals surface area contributed by atoms with E-state index in [4.69, 9.17) is 9.15 Å². The van der Waals surface area contributed by atoms with E-state index in [0.29, 0.717) is 31.5 Å². The summed E-state index contributed by atoms with van der Waals surface area (Å²) in [5, 5.41) is 15.8. The highest BCUT2D eigenvalue weighted by molar-refractivity contribution is 14.0. The van der Waals surface area contributed by atoms with Gasteiger partial charge in [0.25, 0.3) is 0 Å². The summed E-state index contributed by atoms with van der Waals surface area (Å²) >= 11 is 0. The number of ether oxygens (including phenoxy) is 1. The van der Waals surface area contributed by atoms with Crippen LogP contribution in [0, 0.1) is 11.8 Å². The summed E-state index contributed by atoms with van der Waals surface area (Å²) < 4.78 is 10.4. The number of furan rings is 1. The van der Waals surface area contributed by atoms with E-state index in [0.717, 1.165) is 37.5 Å². The van der Waals surface area contributed by atoms with Gasteiger partial charge in [-0.25, -0.2) is 0 Å². The van der Waals surface area contributed by atoms with E-state index in [-0.39, 0.29) is 30.6 Å². The third-order valence-corrected chi connectivity index (χ3v) is 3.69. The van der Waals surface area contributed by atoms with Gasteiger partial charge in [-0.3, -0.25) is 4.99 Å². The molecule has 6 nitrogen and oxygen atoms in total. The Morgan fingerprint density at radius 3 is 2.68 bits per heavy atom. The number of methoxy groups -OCH3 is 1. The fraction of sp³-hybridized carbons (Fsp3) is 0.722. The third-order valence-electron chi connectivity index (χ3n) is 3.69. The van der Waals surface area contributed by atoms with Crippen molar-refractivity contribution in [1.82, 2.24) is 10.6 Å². The van der Waals surface area contributed by atoms with Crippen LogP contribution in [0.15, 0.2) is 27.8 Å². The van der Waals surface area contributed by atoms with E-state index in [2.05, 4.69) is 29.5 Å². The molecule has 0 aromatic carbocycles. The fourth-order valence-electron chi connectivity index (χ4n) is 2.56. The maximum Gasteiger partial charge on any atom is 0.191 e. The Bertz CT molecular complexity index is 439. The molecule has 1 unspecified atom stereocenters. The monoisotopic (exact) mass is 467 g/mol. The molecule has 1 rings (SSSR count). The Labute approximate surface area is 168 Å². The molecule has 0 fully saturated rings. The zero-order valence-corrected chi connectivity index (χ0v) is 18.0. The second-order valence-corrected chi connectivity index (χ2v) is 6.37. The topological polar surface area (TPSA) is 79.0 Å². The number of hydrogen-bond donors (Lipinski definition) is 3. The molecule has 0 saturated heterocycles. The van der Waals surface area contributed by atoms with E-state index in [1.54, 1.807) is 13.4 Å². The lowest BCUT2D eigenvalue weighted by molar-refractivity contribution is 0.203. The van der Waals surface area contributed by atoms with Crippen molar-refractivity contribution in [2.24, 2.45) is 16.8 Å². The molecule has 0 amide bonds. The number of aliphatic hydroxyl groups is 1. The molecule has 3 N–H and O–H groups in total. The molecule has 0 aliphatic heterocycles. The minimum Gasteiger partial charge on any atom is -0.469 e. The van der Waals surface area contributed by atoms with Crippen molar-refractivity contribution in [2.45, 2.75) is 33.1 Å². The first-order valence-electron chi connectivity index (χ1n) is 8.80. The molecule has 0 saturated carbocycles. The van der Waals surface area contributed by atoms with Crippen molar-refractivity contribution >= 4 is 29.9 Å². The van der Waals surface area contributed by atoms with Crippen LogP contribution in [0.4, 0.5) is 0 Å². The molecule has 0 radical (unpaired) electrons.